The summed E-state index contributed by atoms with van der Waals surface area (Å²) in [6.07, 6.45) is 0.917. The van der Waals surface area contributed by atoms with Crippen LogP contribution in [0.1, 0.15) is 41.8 Å². The minimum absolute atomic E-state index is 0.116. The number of halogens is 1. The Balaban J connectivity index is 1.66. The summed E-state index contributed by atoms with van der Waals surface area (Å²) in [6.45, 7) is 8.39. The highest BCUT2D eigenvalue weighted by Gasteiger charge is 2.26. The fourth-order valence-corrected chi connectivity index (χ4v) is 5.32. The summed E-state index contributed by atoms with van der Waals surface area (Å²) in [6, 6.07) is 3.02. The van der Waals surface area contributed by atoms with Gasteiger partial charge in [0.2, 0.25) is 10.0 Å². The Labute approximate surface area is 181 Å². The van der Waals surface area contributed by atoms with E-state index in [0.29, 0.717) is 26.2 Å². The maximum absolute atomic E-state index is 14.3. The van der Waals surface area contributed by atoms with Crippen molar-refractivity contribution < 1.29 is 17.6 Å². The summed E-state index contributed by atoms with van der Waals surface area (Å²) in [5.74, 6) is -1.21. The number of benzene rings is 1. The Bertz CT molecular complexity index is 999. The van der Waals surface area contributed by atoms with E-state index in [4.69, 9.17) is 0 Å². The lowest BCUT2D eigenvalue weighted by atomic mass is 10.1. The van der Waals surface area contributed by atoms with E-state index in [1.165, 1.54) is 6.07 Å². The molecule has 0 spiro atoms. The molecule has 1 aliphatic rings. The van der Waals surface area contributed by atoms with Gasteiger partial charge >= 0.3 is 0 Å². The van der Waals surface area contributed by atoms with Crippen LogP contribution >= 0.6 is 11.3 Å². The van der Waals surface area contributed by atoms with Crippen molar-refractivity contribution in [3.05, 3.63) is 45.7 Å². The second-order valence-electron chi connectivity index (χ2n) is 7.57. The molecule has 10 heteroatoms. The smallest absolute Gasteiger partial charge is 0.256 e. The van der Waals surface area contributed by atoms with Gasteiger partial charge in [-0.05, 0) is 38.5 Å². The molecular formula is C20H27FN4O3S2. The van der Waals surface area contributed by atoms with E-state index >= 15 is 0 Å². The molecule has 1 N–H and O–H groups in total. The number of nitrogens with zero attached hydrogens (tertiary/aromatic N) is 3. The number of amides is 1. The molecule has 30 heavy (non-hydrogen) atoms. The molecule has 0 radical (unpaired) electrons. The van der Waals surface area contributed by atoms with Crippen LogP contribution in [-0.4, -0.2) is 61.3 Å². The van der Waals surface area contributed by atoms with Gasteiger partial charge in [0.05, 0.1) is 21.2 Å². The van der Waals surface area contributed by atoms with Crippen LogP contribution in [0.15, 0.2) is 28.5 Å². The summed E-state index contributed by atoms with van der Waals surface area (Å²) >= 11 is 1.65. The van der Waals surface area contributed by atoms with Crippen molar-refractivity contribution in [2.24, 2.45) is 0 Å². The van der Waals surface area contributed by atoms with Gasteiger partial charge in [0.25, 0.3) is 5.91 Å². The van der Waals surface area contributed by atoms with Crippen LogP contribution in [0, 0.1) is 5.82 Å². The Morgan fingerprint density at radius 2 is 1.97 bits per heavy atom. The fourth-order valence-electron chi connectivity index (χ4n) is 3.31. The molecule has 164 valence electrons. The van der Waals surface area contributed by atoms with E-state index in [1.54, 1.807) is 30.1 Å². The predicted octanol–water partition coefficient (Wildman–Crippen LogP) is 2.49. The van der Waals surface area contributed by atoms with Gasteiger partial charge in [-0.2, -0.15) is 0 Å². The second kappa shape index (κ2) is 9.51. The van der Waals surface area contributed by atoms with E-state index in [9.17, 15) is 17.6 Å². The first-order valence-electron chi connectivity index (χ1n) is 9.96. The highest BCUT2D eigenvalue weighted by Crippen LogP contribution is 2.19. The molecule has 1 fully saturated rings. The number of piperazine rings is 1. The lowest BCUT2D eigenvalue weighted by Crippen LogP contribution is -2.48. The summed E-state index contributed by atoms with van der Waals surface area (Å²) < 4.78 is 41.5. The molecule has 1 aromatic heterocycles. The van der Waals surface area contributed by atoms with Crippen LogP contribution in [0.25, 0.3) is 0 Å². The van der Waals surface area contributed by atoms with Crippen molar-refractivity contribution in [3.63, 3.8) is 0 Å². The number of rotatable bonds is 7. The van der Waals surface area contributed by atoms with E-state index in [2.05, 4.69) is 26.9 Å². The van der Waals surface area contributed by atoms with Crippen LogP contribution < -0.4 is 4.72 Å². The average molecular weight is 455 g/mol. The van der Waals surface area contributed by atoms with Crippen molar-refractivity contribution in [3.8, 4) is 0 Å². The van der Waals surface area contributed by atoms with Gasteiger partial charge in [-0.1, -0.05) is 6.92 Å². The maximum Gasteiger partial charge on any atom is 0.256 e. The molecule has 0 atom stereocenters. The summed E-state index contributed by atoms with van der Waals surface area (Å²) in [5, 5.41) is 3.17. The van der Waals surface area contributed by atoms with Gasteiger partial charge in [0.1, 0.15) is 5.82 Å². The normalized spacial score (nSPS) is 15.7. The Morgan fingerprint density at radius 1 is 1.27 bits per heavy atom. The van der Waals surface area contributed by atoms with Gasteiger partial charge in [0.15, 0.2) is 0 Å². The van der Waals surface area contributed by atoms with E-state index in [1.807, 2.05) is 0 Å². The van der Waals surface area contributed by atoms with Crippen LogP contribution in [0.2, 0.25) is 0 Å². The number of thiazole rings is 1. The lowest BCUT2D eigenvalue weighted by molar-refractivity contribution is 0.0622. The topological polar surface area (TPSA) is 82.6 Å². The van der Waals surface area contributed by atoms with Crippen LogP contribution in [0.4, 0.5) is 4.39 Å². The maximum atomic E-state index is 14.3. The van der Waals surface area contributed by atoms with Crippen molar-refractivity contribution >= 4 is 27.3 Å². The van der Waals surface area contributed by atoms with Crippen molar-refractivity contribution in [1.82, 2.24) is 19.5 Å². The van der Waals surface area contributed by atoms with Crippen LogP contribution in [-0.2, 0) is 23.0 Å². The zero-order chi connectivity index (χ0) is 21.9. The molecule has 1 saturated heterocycles. The van der Waals surface area contributed by atoms with Crippen molar-refractivity contribution in [2.45, 2.75) is 44.7 Å². The van der Waals surface area contributed by atoms with E-state index in [-0.39, 0.29) is 16.5 Å². The zero-order valence-corrected chi connectivity index (χ0v) is 19.0. The monoisotopic (exact) mass is 454 g/mol. The molecule has 2 aromatic rings. The molecule has 0 aliphatic carbocycles. The molecule has 2 heterocycles. The Kier molecular flexibility index (Phi) is 7.22. The largest absolute Gasteiger partial charge is 0.336 e. The first-order chi connectivity index (χ1) is 14.2. The Morgan fingerprint density at radius 3 is 2.57 bits per heavy atom. The van der Waals surface area contributed by atoms with Gasteiger partial charge in [-0.25, -0.2) is 22.5 Å². The summed E-state index contributed by atoms with van der Waals surface area (Å²) in [4.78, 5) is 21.1. The van der Waals surface area contributed by atoms with Gasteiger partial charge in [0, 0.05) is 44.1 Å². The highest BCUT2D eigenvalue weighted by atomic mass is 32.2. The fraction of sp³-hybridized carbons (Fsp3) is 0.500. The van der Waals surface area contributed by atoms with Crippen molar-refractivity contribution in [2.75, 3.05) is 26.2 Å². The number of carbonyl (C=O) groups excluding carboxylic acids is 1. The quantitative estimate of drug-likeness (QED) is 0.695. The number of sulfonamides is 1. The minimum Gasteiger partial charge on any atom is -0.336 e. The number of carbonyl (C=O) groups is 1. The third-order valence-corrected chi connectivity index (χ3v) is 7.51. The third kappa shape index (κ3) is 5.42. The number of nitrogens with one attached hydrogen (secondary N) is 1. The lowest BCUT2D eigenvalue weighted by Gasteiger charge is -2.34. The highest BCUT2D eigenvalue weighted by molar-refractivity contribution is 7.89. The minimum atomic E-state index is -3.81. The molecule has 1 aliphatic heterocycles. The van der Waals surface area contributed by atoms with E-state index < -0.39 is 21.7 Å². The molecule has 1 amide bonds. The second-order valence-corrected chi connectivity index (χ2v) is 10.2. The Hall–Kier alpha value is -1.88. The molecule has 0 unspecified atom stereocenters. The van der Waals surface area contributed by atoms with E-state index in [0.717, 1.165) is 35.8 Å². The first kappa shape index (κ1) is 22.8. The predicted molar refractivity (Wildman–Crippen MR) is 115 cm³/mol. The van der Waals surface area contributed by atoms with Gasteiger partial charge < -0.3 is 4.90 Å². The van der Waals surface area contributed by atoms with Gasteiger partial charge in [-0.3, -0.25) is 9.69 Å². The molecule has 0 bridgehead atoms. The summed E-state index contributed by atoms with van der Waals surface area (Å²) in [5.41, 5.74) is 0.806. The van der Waals surface area contributed by atoms with Crippen LogP contribution in [0.3, 0.4) is 0 Å². The average Bonchev–Trinajstić information content (AvgIpc) is 3.15. The standard InChI is InChI=1S/C20H27FN4O3S2/c1-4-19-22-15(13-29-19)12-24-7-9-25(10-8-24)20(26)17-11-16(5-6-18(17)21)30(27,28)23-14(2)3/h5-6,11,13-14,23H,4,7-10,12H2,1-3H3. The molecule has 3 rings (SSSR count). The molecular weight excluding hydrogens is 427 g/mol. The number of hydrogen-bond acceptors (Lipinski definition) is 6. The SMILES string of the molecule is CCc1nc(CN2CCN(C(=O)c3cc(S(=O)(=O)NC(C)C)ccc3F)CC2)cs1. The zero-order valence-electron chi connectivity index (χ0n) is 17.4. The molecule has 0 saturated carbocycles. The molecule has 7 nitrogen and oxygen atoms in total. The number of aromatic nitrogens is 1. The van der Waals surface area contributed by atoms with Crippen molar-refractivity contribution in [1.29, 1.82) is 0 Å². The third-order valence-electron chi connectivity index (χ3n) is 4.82. The number of aryl methyl sites for hydroxylation is 1. The van der Waals surface area contributed by atoms with Crippen LogP contribution in [0.5, 0.6) is 0 Å². The number of hydrogen-bond donors (Lipinski definition) is 1. The first-order valence-corrected chi connectivity index (χ1v) is 12.3. The summed E-state index contributed by atoms with van der Waals surface area (Å²) in [7, 11) is -3.81. The molecule has 1 aromatic carbocycles. The van der Waals surface area contributed by atoms with Gasteiger partial charge in [-0.15, -0.1) is 11.3 Å².